The first-order valence-electron chi connectivity index (χ1n) is 11.3. The molecule has 3 aromatic heterocycles. The quantitative estimate of drug-likeness (QED) is 0.538. The number of anilines is 1. The number of rotatable bonds is 6. The molecule has 0 spiro atoms. The molecule has 2 atom stereocenters. The van der Waals surface area contributed by atoms with Gasteiger partial charge in [0, 0.05) is 29.6 Å². The molecule has 2 aliphatic rings. The lowest BCUT2D eigenvalue weighted by molar-refractivity contribution is 0.100. The van der Waals surface area contributed by atoms with Crippen molar-refractivity contribution in [3.05, 3.63) is 29.9 Å². The fourth-order valence-electron chi connectivity index (χ4n) is 4.86. The first-order chi connectivity index (χ1) is 15.2. The van der Waals surface area contributed by atoms with Gasteiger partial charge in [0.05, 0.1) is 28.5 Å². The molecule has 0 unspecified atom stereocenters. The second-order valence-corrected chi connectivity index (χ2v) is 10.2. The van der Waals surface area contributed by atoms with Crippen molar-refractivity contribution in [2.45, 2.75) is 70.9 Å². The summed E-state index contributed by atoms with van der Waals surface area (Å²) in [5.74, 6) is 1.23. The second-order valence-electron chi connectivity index (χ2n) is 10.2. The van der Waals surface area contributed by atoms with Crippen LogP contribution in [0.15, 0.2) is 22.9 Å². The van der Waals surface area contributed by atoms with Gasteiger partial charge in [-0.05, 0) is 44.6 Å². The Morgan fingerprint density at radius 1 is 1.28 bits per heavy atom. The average molecular weight is 438 g/mol. The highest BCUT2D eigenvalue weighted by atomic mass is 16.4. The van der Waals surface area contributed by atoms with Crippen LogP contribution in [0.1, 0.15) is 69.1 Å². The highest BCUT2D eigenvalue weighted by Crippen LogP contribution is 2.46. The molecule has 0 aliphatic heterocycles. The molecule has 5 N–H and O–H groups in total. The molecular weight excluding hydrogens is 406 g/mol. The second kappa shape index (κ2) is 7.30. The predicted molar refractivity (Wildman–Crippen MR) is 121 cm³/mol. The van der Waals surface area contributed by atoms with Crippen molar-refractivity contribution >= 4 is 17.1 Å². The number of amides is 1. The topological polar surface area (TPSA) is 137 Å². The predicted octanol–water partition coefficient (Wildman–Crippen LogP) is 3.14. The summed E-state index contributed by atoms with van der Waals surface area (Å²) in [6.45, 7) is 6.40. The molecule has 3 aromatic rings. The Labute approximate surface area is 186 Å². The molecule has 0 bridgehead atoms. The Morgan fingerprint density at radius 2 is 2.06 bits per heavy atom. The lowest BCUT2D eigenvalue weighted by Gasteiger charge is -2.39. The number of hydrogen-bond acceptors (Lipinski definition) is 7. The van der Waals surface area contributed by atoms with Crippen LogP contribution in [0.4, 0.5) is 5.69 Å². The van der Waals surface area contributed by atoms with Crippen LogP contribution in [0.5, 0.6) is 0 Å². The van der Waals surface area contributed by atoms with Crippen LogP contribution in [0.25, 0.3) is 17.0 Å². The third-order valence-corrected chi connectivity index (χ3v) is 7.92. The van der Waals surface area contributed by atoms with E-state index < -0.39 is 5.91 Å². The van der Waals surface area contributed by atoms with Crippen molar-refractivity contribution in [3.63, 3.8) is 0 Å². The van der Waals surface area contributed by atoms with Crippen LogP contribution in [-0.4, -0.2) is 37.3 Å². The highest BCUT2D eigenvalue weighted by molar-refractivity contribution is 6.02. The van der Waals surface area contributed by atoms with Gasteiger partial charge < -0.3 is 21.2 Å². The third-order valence-electron chi connectivity index (χ3n) is 7.92. The molecular formula is C23H31N7O2. The van der Waals surface area contributed by atoms with Crippen molar-refractivity contribution in [1.29, 1.82) is 0 Å². The van der Waals surface area contributed by atoms with Crippen LogP contribution in [0.2, 0.25) is 0 Å². The number of carbonyl (C=O) groups excluding carboxylic acids is 1. The van der Waals surface area contributed by atoms with Gasteiger partial charge in [-0.2, -0.15) is 5.10 Å². The fourth-order valence-corrected chi connectivity index (χ4v) is 4.86. The van der Waals surface area contributed by atoms with Gasteiger partial charge in [0.1, 0.15) is 0 Å². The SMILES string of the molecule is CC1(C)[C@H](Nc2c(C(N)=O)cnn3cc(-c4nnc(CC5CCC5)o4)cc23)CC[C@]1(C)N. The minimum absolute atomic E-state index is 0.0811. The van der Waals surface area contributed by atoms with Crippen molar-refractivity contribution < 1.29 is 9.21 Å². The molecule has 0 radical (unpaired) electrons. The zero-order valence-electron chi connectivity index (χ0n) is 18.9. The molecule has 9 nitrogen and oxygen atoms in total. The lowest BCUT2D eigenvalue weighted by Crippen LogP contribution is -2.51. The van der Waals surface area contributed by atoms with E-state index in [9.17, 15) is 4.79 Å². The summed E-state index contributed by atoms with van der Waals surface area (Å²) in [7, 11) is 0. The maximum absolute atomic E-state index is 12.2. The summed E-state index contributed by atoms with van der Waals surface area (Å²) in [4.78, 5) is 12.2. The van der Waals surface area contributed by atoms with E-state index in [4.69, 9.17) is 15.9 Å². The molecule has 9 heteroatoms. The standard InChI is InChI=1S/C23H31N7O2/c1-22(2)17(7-8-23(22,3)25)27-19-15(20(24)31)11-26-30-12-14(10-16(19)30)21-29-28-18(32-21)9-13-5-4-6-13/h10-13,17,27H,4-9,25H2,1-3H3,(H2,24,31)/t17-,23+/m1/s1. The monoisotopic (exact) mass is 437 g/mol. The summed E-state index contributed by atoms with van der Waals surface area (Å²) in [5.41, 5.74) is 14.3. The zero-order valence-corrected chi connectivity index (χ0v) is 18.9. The molecule has 170 valence electrons. The van der Waals surface area contributed by atoms with E-state index in [1.54, 1.807) is 4.52 Å². The van der Waals surface area contributed by atoms with Crippen LogP contribution in [-0.2, 0) is 6.42 Å². The molecule has 3 heterocycles. The molecule has 32 heavy (non-hydrogen) atoms. The van der Waals surface area contributed by atoms with E-state index >= 15 is 0 Å². The highest BCUT2D eigenvalue weighted by Gasteiger charge is 2.49. The Balaban J connectivity index is 1.51. The van der Waals surface area contributed by atoms with E-state index in [2.05, 4.69) is 41.4 Å². The summed E-state index contributed by atoms with van der Waals surface area (Å²) >= 11 is 0. The Bertz CT molecular complexity index is 1170. The first-order valence-corrected chi connectivity index (χ1v) is 11.3. The van der Waals surface area contributed by atoms with Gasteiger partial charge in [-0.25, -0.2) is 4.52 Å². The third kappa shape index (κ3) is 3.35. The number of carbonyl (C=O) groups is 1. The van der Waals surface area contributed by atoms with Crippen molar-refractivity contribution in [2.75, 3.05) is 5.32 Å². The van der Waals surface area contributed by atoms with E-state index in [1.165, 1.54) is 25.5 Å². The van der Waals surface area contributed by atoms with Gasteiger partial charge >= 0.3 is 0 Å². The summed E-state index contributed by atoms with van der Waals surface area (Å²) in [6, 6.07) is 1.99. The van der Waals surface area contributed by atoms with Gasteiger partial charge in [0.15, 0.2) is 0 Å². The summed E-state index contributed by atoms with van der Waals surface area (Å²) in [6.07, 6.45) is 9.67. The number of hydrogen-bond donors (Lipinski definition) is 3. The van der Waals surface area contributed by atoms with Gasteiger partial charge in [-0.1, -0.05) is 20.3 Å². The molecule has 0 aromatic carbocycles. The smallest absolute Gasteiger partial charge is 0.252 e. The Morgan fingerprint density at radius 3 is 2.69 bits per heavy atom. The van der Waals surface area contributed by atoms with Gasteiger partial charge in [-0.15, -0.1) is 10.2 Å². The van der Waals surface area contributed by atoms with E-state index in [0.717, 1.165) is 30.3 Å². The molecule has 2 saturated carbocycles. The Hall–Kier alpha value is -2.94. The number of nitrogens with zero attached hydrogens (tertiary/aromatic N) is 4. The molecule has 2 aliphatic carbocycles. The molecule has 5 rings (SSSR count). The number of primary amides is 1. The summed E-state index contributed by atoms with van der Waals surface area (Å²) < 4.78 is 7.64. The minimum Gasteiger partial charge on any atom is -0.421 e. The van der Waals surface area contributed by atoms with E-state index in [0.29, 0.717) is 29.0 Å². The first kappa shape index (κ1) is 20.9. The number of nitrogens with one attached hydrogen (secondary N) is 1. The summed E-state index contributed by atoms with van der Waals surface area (Å²) in [5, 5.41) is 16.4. The molecule has 2 fully saturated rings. The maximum Gasteiger partial charge on any atom is 0.252 e. The van der Waals surface area contributed by atoms with Gasteiger partial charge in [0.25, 0.3) is 5.91 Å². The minimum atomic E-state index is -0.530. The Kier molecular flexibility index (Phi) is 4.77. The van der Waals surface area contributed by atoms with Crippen LogP contribution >= 0.6 is 0 Å². The van der Waals surface area contributed by atoms with Crippen molar-refractivity contribution in [1.82, 2.24) is 19.8 Å². The van der Waals surface area contributed by atoms with Crippen LogP contribution in [0.3, 0.4) is 0 Å². The van der Waals surface area contributed by atoms with Crippen molar-refractivity contribution in [2.24, 2.45) is 22.8 Å². The number of nitrogens with two attached hydrogens (primary N) is 2. The number of aromatic nitrogens is 4. The zero-order chi connectivity index (χ0) is 22.7. The largest absolute Gasteiger partial charge is 0.421 e. The normalized spacial score (nSPS) is 25.2. The van der Waals surface area contributed by atoms with E-state index in [-0.39, 0.29) is 17.0 Å². The lowest BCUT2D eigenvalue weighted by atomic mass is 9.75. The number of fused-ring (bicyclic) bond motifs is 1. The average Bonchev–Trinajstić information content (AvgIpc) is 3.37. The molecule has 0 saturated heterocycles. The molecule has 1 amide bonds. The maximum atomic E-state index is 12.2. The van der Waals surface area contributed by atoms with E-state index in [1.807, 2.05) is 12.3 Å². The van der Waals surface area contributed by atoms with Crippen LogP contribution < -0.4 is 16.8 Å². The van der Waals surface area contributed by atoms with Crippen molar-refractivity contribution in [3.8, 4) is 11.5 Å². The van der Waals surface area contributed by atoms with Crippen LogP contribution in [0, 0.1) is 11.3 Å². The fraction of sp³-hybridized carbons (Fsp3) is 0.565. The van der Waals surface area contributed by atoms with Gasteiger partial charge in [0.2, 0.25) is 11.8 Å². The van der Waals surface area contributed by atoms with Gasteiger partial charge in [-0.3, -0.25) is 4.79 Å².